The maximum atomic E-state index is 13.6. The first kappa shape index (κ1) is 21.7. The van der Waals surface area contributed by atoms with Crippen molar-refractivity contribution >= 4 is 34.9 Å². The Kier molecular flexibility index (Phi) is 6.05. The first-order valence-electron chi connectivity index (χ1n) is 9.87. The zero-order valence-electron chi connectivity index (χ0n) is 17.2. The highest BCUT2D eigenvalue weighted by Crippen LogP contribution is 2.44. The number of aliphatic carboxylic acids is 1. The third kappa shape index (κ3) is 4.55. The molecule has 0 aromatic heterocycles. The first-order chi connectivity index (χ1) is 15.4. The van der Waals surface area contributed by atoms with Crippen molar-refractivity contribution < 1.29 is 23.8 Å². The largest absolute Gasteiger partial charge is 0.496 e. The average Bonchev–Trinajstić information content (AvgIpc) is 3.14. The van der Waals surface area contributed by atoms with Crippen molar-refractivity contribution in [2.75, 3.05) is 17.7 Å². The quantitative estimate of drug-likeness (QED) is 0.416. The molecule has 0 aliphatic carbocycles. The minimum Gasteiger partial charge on any atom is -0.496 e. The number of thioether (sulfide) groups is 1. The number of carbonyl (C=O) groups excluding carboxylic acids is 1. The van der Waals surface area contributed by atoms with Crippen LogP contribution in [-0.2, 0) is 10.5 Å². The van der Waals surface area contributed by atoms with E-state index in [0.29, 0.717) is 34.0 Å². The van der Waals surface area contributed by atoms with Gasteiger partial charge in [-0.3, -0.25) is 9.59 Å². The number of benzene rings is 3. The number of anilines is 2. The average molecular weight is 453 g/mol. The van der Waals surface area contributed by atoms with E-state index in [1.54, 1.807) is 55.6 Å². The van der Waals surface area contributed by atoms with Crippen LogP contribution in [0.2, 0.25) is 0 Å². The highest BCUT2D eigenvalue weighted by Gasteiger charge is 2.39. The van der Waals surface area contributed by atoms with E-state index in [9.17, 15) is 19.1 Å². The second-order valence-corrected chi connectivity index (χ2v) is 8.62. The fraction of sp³-hybridized carbons (Fsp3) is 0.167. The monoisotopic (exact) mass is 452 g/mol. The van der Waals surface area contributed by atoms with Crippen molar-refractivity contribution in [2.45, 2.75) is 17.2 Å². The van der Waals surface area contributed by atoms with Crippen LogP contribution in [0.4, 0.5) is 15.8 Å². The van der Waals surface area contributed by atoms with Gasteiger partial charge in [-0.1, -0.05) is 30.3 Å². The van der Waals surface area contributed by atoms with Gasteiger partial charge in [0.15, 0.2) is 10.8 Å². The van der Waals surface area contributed by atoms with Crippen molar-refractivity contribution in [3.63, 3.8) is 0 Å². The number of carbonyl (C=O) groups is 2. The van der Waals surface area contributed by atoms with Crippen molar-refractivity contribution in [2.24, 2.45) is 0 Å². The minimum absolute atomic E-state index is 0.111. The summed E-state index contributed by atoms with van der Waals surface area (Å²) in [4.78, 5) is 23.4. The molecule has 4 rings (SSSR count). The van der Waals surface area contributed by atoms with E-state index in [-0.39, 0.29) is 12.2 Å². The van der Waals surface area contributed by atoms with Crippen LogP contribution in [0.3, 0.4) is 0 Å². The summed E-state index contributed by atoms with van der Waals surface area (Å²) in [6.45, 7) is 0. The third-order valence-electron chi connectivity index (χ3n) is 5.11. The molecule has 1 atom stereocenters. The molecule has 0 saturated carbocycles. The number of carboxylic acid groups (broad SMARTS) is 1. The van der Waals surface area contributed by atoms with Gasteiger partial charge in [-0.2, -0.15) is 0 Å². The van der Waals surface area contributed by atoms with Crippen molar-refractivity contribution in [3.05, 3.63) is 89.2 Å². The van der Waals surface area contributed by atoms with Crippen LogP contribution in [0.25, 0.3) is 0 Å². The zero-order chi connectivity index (χ0) is 22.7. The number of nitrogens with one attached hydrogen (secondary N) is 2. The Hall–Kier alpha value is -3.52. The molecule has 0 bridgehead atoms. The third-order valence-corrected chi connectivity index (χ3v) is 6.40. The summed E-state index contributed by atoms with van der Waals surface area (Å²) in [6.07, 6.45) is -0.251. The lowest BCUT2D eigenvalue weighted by molar-refractivity contribution is -0.137. The van der Waals surface area contributed by atoms with Gasteiger partial charge in [0.25, 0.3) is 0 Å². The Morgan fingerprint density at radius 3 is 2.47 bits per heavy atom. The van der Waals surface area contributed by atoms with Crippen molar-refractivity contribution in [3.8, 4) is 5.75 Å². The van der Waals surface area contributed by atoms with Gasteiger partial charge >= 0.3 is 5.97 Å². The topological polar surface area (TPSA) is 87.7 Å². The second-order valence-electron chi connectivity index (χ2n) is 7.35. The molecule has 1 aliphatic rings. The number of rotatable bonds is 8. The Labute approximate surface area is 188 Å². The van der Waals surface area contributed by atoms with E-state index in [2.05, 4.69) is 10.6 Å². The summed E-state index contributed by atoms with van der Waals surface area (Å²) in [5.41, 5.74) is 2.96. The SMILES string of the molecule is COc1ccc(C(=O)c2ccccc2)cc1CSC1(CC(=O)O)Nc2ccc(F)cc2N1. The molecule has 1 unspecified atom stereocenters. The number of fused-ring (bicyclic) bond motifs is 1. The van der Waals surface area contributed by atoms with Gasteiger partial charge < -0.3 is 20.5 Å². The molecule has 0 saturated heterocycles. The standard InChI is InChI=1S/C24H21FN2O4S/c1-31-21-10-7-16(23(30)15-5-3-2-4-6-15)11-17(21)14-32-24(13-22(28)29)26-19-9-8-18(25)12-20(19)27-24/h2-12,26-27H,13-14H2,1H3,(H,28,29). The Bertz CT molecular complexity index is 1170. The molecule has 164 valence electrons. The lowest BCUT2D eigenvalue weighted by Crippen LogP contribution is -2.40. The van der Waals surface area contributed by atoms with Gasteiger partial charge in [-0.15, -0.1) is 11.8 Å². The molecule has 0 fully saturated rings. The molecule has 6 nitrogen and oxygen atoms in total. The fourth-order valence-corrected chi connectivity index (χ4v) is 4.83. The summed E-state index contributed by atoms with van der Waals surface area (Å²) in [6, 6.07) is 18.4. The van der Waals surface area contributed by atoms with Gasteiger partial charge in [-0.25, -0.2) is 4.39 Å². The number of halogens is 1. The first-order valence-corrected chi connectivity index (χ1v) is 10.9. The van der Waals surface area contributed by atoms with Crippen LogP contribution < -0.4 is 15.4 Å². The van der Waals surface area contributed by atoms with Gasteiger partial charge in [0, 0.05) is 22.4 Å². The number of ketones is 1. The predicted molar refractivity (Wildman–Crippen MR) is 123 cm³/mol. The van der Waals surface area contributed by atoms with Crippen LogP contribution in [0.5, 0.6) is 5.75 Å². The number of hydrogen-bond donors (Lipinski definition) is 3. The highest BCUT2D eigenvalue weighted by atomic mass is 32.2. The molecule has 0 amide bonds. The maximum Gasteiger partial charge on any atom is 0.308 e. The maximum absolute atomic E-state index is 13.6. The van der Waals surface area contributed by atoms with E-state index >= 15 is 0 Å². The van der Waals surface area contributed by atoms with Crippen LogP contribution in [0.15, 0.2) is 66.7 Å². The predicted octanol–water partition coefficient (Wildman–Crippen LogP) is 4.96. The van der Waals surface area contributed by atoms with Crippen molar-refractivity contribution in [1.29, 1.82) is 0 Å². The summed E-state index contributed by atoms with van der Waals surface area (Å²) >= 11 is 1.30. The summed E-state index contributed by atoms with van der Waals surface area (Å²) in [7, 11) is 1.54. The van der Waals surface area contributed by atoms with E-state index < -0.39 is 16.8 Å². The molecule has 1 heterocycles. The van der Waals surface area contributed by atoms with E-state index in [0.717, 1.165) is 5.56 Å². The molecular weight excluding hydrogens is 431 g/mol. The number of carboxylic acids is 1. The Balaban J connectivity index is 1.59. The van der Waals surface area contributed by atoms with Crippen LogP contribution >= 0.6 is 11.8 Å². The molecule has 32 heavy (non-hydrogen) atoms. The number of ether oxygens (including phenoxy) is 1. The van der Waals surface area contributed by atoms with E-state index in [1.807, 2.05) is 6.07 Å². The molecule has 0 spiro atoms. The van der Waals surface area contributed by atoms with E-state index in [1.165, 1.54) is 23.9 Å². The second kappa shape index (κ2) is 8.92. The van der Waals surface area contributed by atoms with Crippen LogP contribution in [0, 0.1) is 5.82 Å². The molecule has 8 heteroatoms. The van der Waals surface area contributed by atoms with Crippen molar-refractivity contribution in [1.82, 2.24) is 0 Å². The van der Waals surface area contributed by atoms with Crippen LogP contribution in [0.1, 0.15) is 27.9 Å². The smallest absolute Gasteiger partial charge is 0.308 e. The number of hydrogen-bond acceptors (Lipinski definition) is 6. The molecular formula is C24H21FN2O4S. The Morgan fingerprint density at radius 1 is 1.00 bits per heavy atom. The minimum atomic E-state index is -1.08. The summed E-state index contributed by atoms with van der Waals surface area (Å²) in [5, 5.41) is 15.8. The molecule has 1 aliphatic heterocycles. The normalized spacial score (nSPS) is 16.6. The lowest BCUT2D eigenvalue weighted by atomic mass is 10.0. The van der Waals surface area contributed by atoms with Crippen LogP contribution in [-0.4, -0.2) is 29.0 Å². The number of methoxy groups -OCH3 is 1. The lowest BCUT2D eigenvalue weighted by Gasteiger charge is -2.29. The Morgan fingerprint density at radius 2 is 1.75 bits per heavy atom. The van der Waals surface area contributed by atoms with Gasteiger partial charge in [0.2, 0.25) is 0 Å². The zero-order valence-corrected chi connectivity index (χ0v) is 18.0. The summed E-state index contributed by atoms with van der Waals surface area (Å²) < 4.78 is 19.1. The van der Waals surface area contributed by atoms with E-state index in [4.69, 9.17) is 4.74 Å². The van der Waals surface area contributed by atoms with Gasteiger partial charge in [0.1, 0.15) is 11.6 Å². The van der Waals surface area contributed by atoms with Gasteiger partial charge in [0.05, 0.1) is 24.9 Å². The summed E-state index contributed by atoms with van der Waals surface area (Å²) in [5.74, 6) is -0.592. The fourth-order valence-electron chi connectivity index (χ4n) is 3.61. The highest BCUT2D eigenvalue weighted by molar-refractivity contribution is 8.00. The van der Waals surface area contributed by atoms with Gasteiger partial charge in [-0.05, 0) is 36.4 Å². The molecule has 3 N–H and O–H groups in total. The molecule has 3 aromatic carbocycles. The molecule has 0 radical (unpaired) electrons. The molecule has 3 aromatic rings.